The van der Waals surface area contributed by atoms with Crippen molar-refractivity contribution in [1.29, 1.82) is 0 Å². The van der Waals surface area contributed by atoms with Gasteiger partial charge < -0.3 is 5.11 Å². The zero-order valence-corrected chi connectivity index (χ0v) is 10.8. The molecule has 0 aliphatic rings. The number of nitrogens with zero attached hydrogens (tertiary/aromatic N) is 1. The largest absolute Gasteiger partial charge is 0.392 e. The minimum absolute atomic E-state index is 0.0847. The highest BCUT2D eigenvalue weighted by Crippen LogP contribution is 2.25. The lowest BCUT2D eigenvalue weighted by Crippen LogP contribution is -2.00. The summed E-state index contributed by atoms with van der Waals surface area (Å²) < 4.78 is 0. The van der Waals surface area contributed by atoms with Crippen molar-refractivity contribution in [3.05, 3.63) is 53.7 Å². The molecule has 2 rings (SSSR count). The van der Waals surface area contributed by atoms with Crippen molar-refractivity contribution < 1.29 is 5.11 Å². The summed E-state index contributed by atoms with van der Waals surface area (Å²) in [5, 5.41) is 9.46. The smallest absolute Gasteiger partial charge is 0.0737 e. The summed E-state index contributed by atoms with van der Waals surface area (Å²) in [5.74, 6) is 0. The first-order valence-electron chi connectivity index (χ1n) is 6.49. The third-order valence-electron chi connectivity index (χ3n) is 3.15. The predicted octanol–water partition coefficient (Wildman–Crippen LogP) is 3.58. The molecule has 2 heteroatoms. The normalized spacial score (nSPS) is 10.6. The standard InChI is InChI=1S/C16H19NO/c1-2-3-9-15-14(12-18)10-11-17-16(15)13-7-5-4-6-8-13/h4-8,10-11,18H,2-3,9,12H2,1H3. The molecular formula is C16H19NO. The van der Waals surface area contributed by atoms with Crippen LogP contribution in [-0.2, 0) is 13.0 Å². The summed E-state index contributed by atoms with van der Waals surface area (Å²) in [6.45, 7) is 2.26. The number of hydrogen-bond acceptors (Lipinski definition) is 2. The average molecular weight is 241 g/mol. The van der Waals surface area contributed by atoms with E-state index in [0.29, 0.717) is 0 Å². The molecule has 0 bridgehead atoms. The van der Waals surface area contributed by atoms with E-state index < -0.39 is 0 Å². The van der Waals surface area contributed by atoms with E-state index >= 15 is 0 Å². The third kappa shape index (κ3) is 2.77. The molecule has 1 aromatic heterocycles. The molecule has 0 aliphatic carbocycles. The molecule has 0 atom stereocenters. The quantitative estimate of drug-likeness (QED) is 0.868. The highest BCUT2D eigenvalue weighted by molar-refractivity contribution is 5.64. The van der Waals surface area contributed by atoms with Crippen LogP contribution in [0.3, 0.4) is 0 Å². The first-order valence-corrected chi connectivity index (χ1v) is 6.49. The molecule has 2 aromatic rings. The summed E-state index contributed by atoms with van der Waals surface area (Å²) in [7, 11) is 0. The molecule has 0 amide bonds. The monoisotopic (exact) mass is 241 g/mol. The Balaban J connectivity index is 2.45. The molecule has 0 spiro atoms. The van der Waals surface area contributed by atoms with Gasteiger partial charge in [0.25, 0.3) is 0 Å². The molecule has 0 fully saturated rings. The second-order valence-electron chi connectivity index (χ2n) is 4.42. The Morgan fingerprint density at radius 1 is 1.11 bits per heavy atom. The van der Waals surface area contributed by atoms with Gasteiger partial charge in [0.1, 0.15) is 0 Å². The van der Waals surface area contributed by atoms with Crippen LogP contribution in [0.15, 0.2) is 42.6 Å². The molecule has 1 aromatic carbocycles. The van der Waals surface area contributed by atoms with E-state index in [4.69, 9.17) is 0 Å². The van der Waals surface area contributed by atoms with Crippen molar-refractivity contribution in [3.63, 3.8) is 0 Å². The topological polar surface area (TPSA) is 33.1 Å². The van der Waals surface area contributed by atoms with Gasteiger partial charge in [-0.1, -0.05) is 43.7 Å². The van der Waals surface area contributed by atoms with E-state index in [1.165, 1.54) is 5.56 Å². The van der Waals surface area contributed by atoms with Gasteiger partial charge in [0.05, 0.1) is 12.3 Å². The SMILES string of the molecule is CCCCc1c(CO)ccnc1-c1ccccc1. The number of aliphatic hydroxyl groups is 1. The van der Waals surface area contributed by atoms with Gasteiger partial charge in [-0.25, -0.2) is 0 Å². The number of rotatable bonds is 5. The molecule has 0 saturated carbocycles. The highest BCUT2D eigenvalue weighted by Gasteiger charge is 2.10. The van der Waals surface area contributed by atoms with Crippen LogP contribution >= 0.6 is 0 Å². The van der Waals surface area contributed by atoms with E-state index in [0.717, 1.165) is 36.1 Å². The Hall–Kier alpha value is -1.67. The maximum atomic E-state index is 9.46. The van der Waals surface area contributed by atoms with Gasteiger partial charge in [0.15, 0.2) is 0 Å². The van der Waals surface area contributed by atoms with E-state index in [1.54, 1.807) is 6.20 Å². The van der Waals surface area contributed by atoms with Gasteiger partial charge in [-0.15, -0.1) is 0 Å². The molecule has 1 N–H and O–H groups in total. The van der Waals surface area contributed by atoms with Crippen LogP contribution in [0.5, 0.6) is 0 Å². The van der Waals surface area contributed by atoms with Crippen molar-refractivity contribution in [2.45, 2.75) is 32.8 Å². The minimum Gasteiger partial charge on any atom is -0.392 e. The lowest BCUT2D eigenvalue weighted by atomic mass is 9.97. The first kappa shape index (κ1) is 12.8. The van der Waals surface area contributed by atoms with Crippen molar-refractivity contribution in [2.24, 2.45) is 0 Å². The highest BCUT2D eigenvalue weighted by atomic mass is 16.3. The minimum atomic E-state index is 0.0847. The van der Waals surface area contributed by atoms with E-state index in [1.807, 2.05) is 24.3 Å². The lowest BCUT2D eigenvalue weighted by molar-refractivity contribution is 0.280. The first-order chi connectivity index (χ1) is 8.86. The zero-order valence-electron chi connectivity index (χ0n) is 10.8. The summed E-state index contributed by atoms with van der Waals surface area (Å²) >= 11 is 0. The number of pyridine rings is 1. The molecule has 2 nitrogen and oxygen atoms in total. The van der Waals surface area contributed by atoms with E-state index in [2.05, 4.69) is 24.0 Å². The van der Waals surface area contributed by atoms with Crippen LogP contribution in [0.4, 0.5) is 0 Å². The van der Waals surface area contributed by atoms with E-state index in [-0.39, 0.29) is 6.61 Å². The Morgan fingerprint density at radius 3 is 2.56 bits per heavy atom. The van der Waals surface area contributed by atoms with Crippen LogP contribution in [0.1, 0.15) is 30.9 Å². The van der Waals surface area contributed by atoms with Gasteiger partial charge >= 0.3 is 0 Å². The molecule has 0 aliphatic heterocycles. The van der Waals surface area contributed by atoms with Crippen LogP contribution in [-0.4, -0.2) is 10.1 Å². The molecule has 18 heavy (non-hydrogen) atoms. The Bertz CT molecular complexity index is 494. The number of hydrogen-bond donors (Lipinski definition) is 1. The third-order valence-corrected chi connectivity index (χ3v) is 3.15. The molecular weight excluding hydrogens is 222 g/mol. The van der Waals surface area contributed by atoms with Gasteiger partial charge in [0, 0.05) is 11.8 Å². The molecule has 1 heterocycles. The Labute approximate surface area is 108 Å². The summed E-state index contributed by atoms with van der Waals surface area (Å²) in [5.41, 5.74) is 4.32. The molecule has 94 valence electrons. The molecule has 0 unspecified atom stereocenters. The van der Waals surface area contributed by atoms with Crippen LogP contribution in [0.25, 0.3) is 11.3 Å². The number of aliphatic hydroxyl groups excluding tert-OH is 1. The summed E-state index contributed by atoms with van der Waals surface area (Å²) in [6, 6.07) is 12.1. The fraction of sp³-hybridized carbons (Fsp3) is 0.312. The zero-order chi connectivity index (χ0) is 12.8. The Kier molecular flexibility index (Phi) is 4.48. The lowest BCUT2D eigenvalue weighted by Gasteiger charge is -2.12. The number of benzene rings is 1. The second-order valence-corrected chi connectivity index (χ2v) is 4.42. The average Bonchev–Trinajstić information content (AvgIpc) is 2.45. The van der Waals surface area contributed by atoms with Gasteiger partial charge in [-0.2, -0.15) is 0 Å². The van der Waals surface area contributed by atoms with Crippen molar-refractivity contribution in [3.8, 4) is 11.3 Å². The summed E-state index contributed by atoms with van der Waals surface area (Å²) in [4.78, 5) is 4.50. The fourth-order valence-corrected chi connectivity index (χ4v) is 2.16. The number of unbranched alkanes of at least 4 members (excludes halogenated alkanes) is 1. The van der Waals surface area contributed by atoms with Crippen LogP contribution in [0, 0.1) is 0 Å². The number of aromatic nitrogens is 1. The predicted molar refractivity (Wildman–Crippen MR) is 74.2 cm³/mol. The van der Waals surface area contributed by atoms with Gasteiger partial charge in [-0.05, 0) is 30.0 Å². The van der Waals surface area contributed by atoms with Gasteiger partial charge in [-0.3, -0.25) is 4.98 Å². The Morgan fingerprint density at radius 2 is 1.89 bits per heavy atom. The maximum Gasteiger partial charge on any atom is 0.0737 e. The molecule has 0 radical (unpaired) electrons. The summed E-state index contributed by atoms with van der Waals surface area (Å²) in [6.07, 6.45) is 5.03. The second kappa shape index (κ2) is 6.31. The van der Waals surface area contributed by atoms with Crippen molar-refractivity contribution in [2.75, 3.05) is 0 Å². The van der Waals surface area contributed by atoms with Crippen molar-refractivity contribution >= 4 is 0 Å². The fourth-order valence-electron chi connectivity index (χ4n) is 2.16. The van der Waals surface area contributed by atoms with Gasteiger partial charge in [0.2, 0.25) is 0 Å². The maximum absolute atomic E-state index is 9.46. The van der Waals surface area contributed by atoms with Crippen molar-refractivity contribution in [1.82, 2.24) is 4.98 Å². The molecule has 0 saturated heterocycles. The van der Waals surface area contributed by atoms with E-state index in [9.17, 15) is 5.11 Å². The van der Waals surface area contributed by atoms with Crippen LogP contribution in [0.2, 0.25) is 0 Å². The van der Waals surface area contributed by atoms with Crippen LogP contribution < -0.4 is 0 Å².